The van der Waals surface area contributed by atoms with E-state index in [1.54, 1.807) is 44.2 Å². The zero-order chi connectivity index (χ0) is 26.5. The minimum atomic E-state index is -3.86. The zero-order valence-electron chi connectivity index (χ0n) is 20.3. The quantitative estimate of drug-likeness (QED) is 0.450. The summed E-state index contributed by atoms with van der Waals surface area (Å²) in [6.07, 6.45) is 0.313. The third-order valence-corrected chi connectivity index (χ3v) is 8.04. The Bertz CT molecular complexity index is 1220. The van der Waals surface area contributed by atoms with Crippen molar-refractivity contribution in [3.05, 3.63) is 52.0 Å². The third kappa shape index (κ3) is 6.35. The fourth-order valence-corrected chi connectivity index (χ4v) is 5.33. The van der Waals surface area contributed by atoms with E-state index in [9.17, 15) is 18.0 Å². The largest absolute Gasteiger partial charge is 0.454 e. The van der Waals surface area contributed by atoms with Crippen molar-refractivity contribution >= 4 is 50.7 Å². The molecule has 0 saturated carbocycles. The van der Waals surface area contributed by atoms with E-state index in [0.717, 1.165) is 4.31 Å². The summed E-state index contributed by atoms with van der Waals surface area (Å²) < 4.78 is 37.8. The van der Waals surface area contributed by atoms with Crippen LogP contribution in [-0.4, -0.2) is 56.8 Å². The molecule has 2 amide bonds. The van der Waals surface area contributed by atoms with E-state index >= 15 is 0 Å². The third-order valence-electron chi connectivity index (χ3n) is 5.72. The lowest BCUT2D eigenvalue weighted by Gasteiger charge is -2.33. The summed E-state index contributed by atoms with van der Waals surface area (Å²) in [5.41, 5.74) is 0.829. The Morgan fingerprint density at radius 2 is 1.78 bits per heavy atom. The highest BCUT2D eigenvalue weighted by molar-refractivity contribution is 7.92. The van der Waals surface area contributed by atoms with Crippen LogP contribution in [0.4, 0.5) is 5.69 Å². The maximum atomic E-state index is 13.7. The fourth-order valence-electron chi connectivity index (χ4n) is 3.81. The molecule has 2 aromatic carbocycles. The number of nitrogens with one attached hydrogen (secondary N) is 1. The van der Waals surface area contributed by atoms with Crippen molar-refractivity contribution in [1.82, 2.24) is 10.2 Å². The van der Waals surface area contributed by atoms with E-state index < -0.39 is 28.5 Å². The van der Waals surface area contributed by atoms with E-state index in [2.05, 4.69) is 5.32 Å². The van der Waals surface area contributed by atoms with Gasteiger partial charge in [0.2, 0.25) is 28.6 Å². The van der Waals surface area contributed by atoms with Gasteiger partial charge in [0.05, 0.1) is 11.4 Å². The first kappa shape index (κ1) is 27.9. The molecule has 196 valence electrons. The monoisotopic (exact) mass is 557 g/mol. The van der Waals surface area contributed by atoms with E-state index in [1.807, 2.05) is 0 Å². The Balaban J connectivity index is 1.99. The summed E-state index contributed by atoms with van der Waals surface area (Å²) in [7, 11) is -3.86. The van der Waals surface area contributed by atoms with E-state index in [-0.39, 0.29) is 30.7 Å². The SMILES string of the molecule is CCNC(=O)[C@@H](CC)N(Cc1ccc(Cl)cc1Cl)C(=O)CN(c1ccc2c(c1)OCO2)S(=O)(=O)CC. The molecule has 0 aliphatic carbocycles. The van der Waals surface area contributed by atoms with Crippen molar-refractivity contribution in [2.45, 2.75) is 39.8 Å². The minimum Gasteiger partial charge on any atom is -0.454 e. The summed E-state index contributed by atoms with van der Waals surface area (Å²) in [4.78, 5) is 27.9. The van der Waals surface area contributed by atoms with Gasteiger partial charge in [0, 0.05) is 29.2 Å². The van der Waals surface area contributed by atoms with Crippen molar-refractivity contribution in [2.75, 3.05) is 29.9 Å². The number of rotatable bonds is 11. The first-order valence-electron chi connectivity index (χ1n) is 11.5. The lowest BCUT2D eigenvalue weighted by molar-refractivity contribution is -0.140. The fraction of sp³-hybridized carbons (Fsp3) is 0.417. The second-order valence-corrected chi connectivity index (χ2v) is 11.0. The van der Waals surface area contributed by atoms with Crippen LogP contribution in [0.1, 0.15) is 32.8 Å². The van der Waals surface area contributed by atoms with Gasteiger partial charge < -0.3 is 19.7 Å². The number of amides is 2. The van der Waals surface area contributed by atoms with Gasteiger partial charge in [-0.15, -0.1) is 0 Å². The number of likely N-dealkylation sites (N-methyl/N-ethyl adjacent to an activating group) is 1. The van der Waals surface area contributed by atoms with Gasteiger partial charge in [0.25, 0.3) is 0 Å². The van der Waals surface area contributed by atoms with Gasteiger partial charge in [0.15, 0.2) is 11.5 Å². The van der Waals surface area contributed by atoms with Crippen LogP contribution < -0.4 is 19.1 Å². The molecule has 36 heavy (non-hydrogen) atoms. The van der Waals surface area contributed by atoms with Crippen molar-refractivity contribution in [2.24, 2.45) is 0 Å². The average Bonchev–Trinajstić information content (AvgIpc) is 3.31. The predicted octanol–water partition coefficient (Wildman–Crippen LogP) is 3.82. The number of hydrogen-bond donors (Lipinski definition) is 1. The molecule has 0 fully saturated rings. The van der Waals surface area contributed by atoms with Crippen LogP contribution in [-0.2, 0) is 26.2 Å². The molecule has 1 N–H and O–H groups in total. The highest BCUT2D eigenvalue weighted by Gasteiger charge is 2.33. The van der Waals surface area contributed by atoms with Gasteiger partial charge in [-0.3, -0.25) is 13.9 Å². The minimum absolute atomic E-state index is 0.00831. The normalized spacial score (nSPS) is 13.2. The van der Waals surface area contributed by atoms with Crippen LogP contribution in [0.3, 0.4) is 0 Å². The number of nitrogens with zero attached hydrogens (tertiary/aromatic N) is 2. The molecule has 1 aliphatic heterocycles. The van der Waals surface area contributed by atoms with Crippen LogP contribution in [0.25, 0.3) is 0 Å². The number of anilines is 1. The van der Waals surface area contributed by atoms with E-state index in [4.69, 9.17) is 32.7 Å². The van der Waals surface area contributed by atoms with Crippen molar-refractivity contribution in [1.29, 1.82) is 0 Å². The topological polar surface area (TPSA) is 105 Å². The second-order valence-electron chi connectivity index (χ2n) is 8.02. The summed E-state index contributed by atoms with van der Waals surface area (Å²) in [6, 6.07) is 8.68. The summed E-state index contributed by atoms with van der Waals surface area (Å²) in [5.74, 6) is -0.263. The maximum absolute atomic E-state index is 13.7. The van der Waals surface area contributed by atoms with Crippen molar-refractivity contribution in [3.8, 4) is 11.5 Å². The number of halogens is 2. The van der Waals surface area contributed by atoms with Crippen molar-refractivity contribution in [3.63, 3.8) is 0 Å². The van der Waals surface area contributed by atoms with Crippen LogP contribution in [0.5, 0.6) is 11.5 Å². The lowest BCUT2D eigenvalue weighted by atomic mass is 10.1. The molecule has 12 heteroatoms. The number of sulfonamides is 1. The van der Waals surface area contributed by atoms with Gasteiger partial charge >= 0.3 is 0 Å². The summed E-state index contributed by atoms with van der Waals surface area (Å²) in [6.45, 7) is 4.94. The maximum Gasteiger partial charge on any atom is 0.244 e. The number of hydrogen-bond acceptors (Lipinski definition) is 6. The number of carbonyl (C=O) groups excluding carboxylic acids is 2. The summed E-state index contributed by atoms with van der Waals surface area (Å²) in [5, 5.41) is 3.51. The molecule has 0 unspecified atom stereocenters. The molecule has 3 rings (SSSR count). The molecule has 0 radical (unpaired) electrons. The molecule has 0 saturated heterocycles. The molecule has 2 aromatic rings. The standard InChI is InChI=1S/C24H29Cl2N3O6S/c1-4-20(24(31)27-5-2)28(13-16-7-8-17(25)11-19(16)26)23(30)14-29(36(32,33)6-3)18-9-10-21-22(12-18)35-15-34-21/h7-12,20H,4-6,13-15H2,1-3H3,(H,27,31)/t20-/m1/s1. The number of carbonyl (C=O) groups is 2. The van der Waals surface area contributed by atoms with E-state index in [0.29, 0.717) is 40.1 Å². The van der Waals surface area contributed by atoms with Gasteiger partial charge in [-0.25, -0.2) is 8.42 Å². The second kappa shape index (κ2) is 12.0. The van der Waals surface area contributed by atoms with Crippen LogP contribution in [0.2, 0.25) is 10.0 Å². The molecular formula is C24H29Cl2N3O6S. The Kier molecular flexibility index (Phi) is 9.32. The van der Waals surface area contributed by atoms with Crippen LogP contribution >= 0.6 is 23.2 Å². The van der Waals surface area contributed by atoms with Gasteiger partial charge in [-0.2, -0.15) is 0 Å². The molecule has 0 aromatic heterocycles. The van der Waals surface area contributed by atoms with Gasteiger partial charge in [-0.1, -0.05) is 36.2 Å². The first-order chi connectivity index (χ1) is 17.1. The molecular weight excluding hydrogens is 529 g/mol. The van der Waals surface area contributed by atoms with Crippen molar-refractivity contribution < 1.29 is 27.5 Å². The average molecular weight is 558 g/mol. The van der Waals surface area contributed by atoms with E-state index in [1.165, 1.54) is 17.9 Å². The highest BCUT2D eigenvalue weighted by atomic mass is 35.5. The Labute approximate surface area is 221 Å². The first-order valence-corrected chi connectivity index (χ1v) is 13.9. The number of ether oxygens (including phenoxy) is 2. The molecule has 9 nitrogen and oxygen atoms in total. The zero-order valence-corrected chi connectivity index (χ0v) is 22.6. The smallest absolute Gasteiger partial charge is 0.244 e. The molecule has 1 aliphatic rings. The van der Waals surface area contributed by atoms with Gasteiger partial charge in [0.1, 0.15) is 12.6 Å². The van der Waals surface area contributed by atoms with Crippen LogP contribution in [0, 0.1) is 0 Å². The van der Waals surface area contributed by atoms with Gasteiger partial charge in [-0.05, 0) is 50.1 Å². The molecule has 0 spiro atoms. The number of benzene rings is 2. The molecule has 1 heterocycles. The van der Waals surface area contributed by atoms with Crippen LogP contribution in [0.15, 0.2) is 36.4 Å². The Hall–Kier alpha value is -2.69. The lowest BCUT2D eigenvalue weighted by Crippen LogP contribution is -2.52. The Morgan fingerprint density at radius 1 is 1.06 bits per heavy atom. The molecule has 0 bridgehead atoms. The highest BCUT2D eigenvalue weighted by Crippen LogP contribution is 2.36. The number of fused-ring (bicyclic) bond motifs is 1. The Morgan fingerprint density at radius 3 is 2.42 bits per heavy atom. The predicted molar refractivity (Wildman–Crippen MR) is 139 cm³/mol. The molecule has 1 atom stereocenters. The summed E-state index contributed by atoms with van der Waals surface area (Å²) >= 11 is 12.4.